The van der Waals surface area contributed by atoms with E-state index in [9.17, 15) is 0 Å². The second-order valence-corrected chi connectivity index (χ2v) is 4.09. The Morgan fingerprint density at radius 1 is 1.31 bits per heavy atom. The maximum absolute atomic E-state index is 3.55. The van der Waals surface area contributed by atoms with Crippen LogP contribution < -0.4 is 5.32 Å². The Bertz CT molecular complexity index is 110. The van der Waals surface area contributed by atoms with Crippen molar-refractivity contribution in [3.8, 4) is 0 Å². The summed E-state index contributed by atoms with van der Waals surface area (Å²) in [6.07, 6.45) is 4.07. The summed E-state index contributed by atoms with van der Waals surface area (Å²) in [5.74, 6) is 1.85. The van der Waals surface area contributed by atoms with Crippen LogP contribution in [0, 0.1) is 11.8 Å². The minimum atomic E-state index is 0.802. The maximum Gasteiger partial charge on any atom is 0.00671 e. The van der Waals surface area contributed by atoms with E-state index >= 15 is 0 Å². The molecular formula is C12H27N. The lowest BCUT2D eigenvalue weighted by atomic mass is 9.83. The van der Waals surface area contributed by atoms with E-state index in [1.807, 2.05) is 13.8 Å². The molecular weight excluding hydrogens is 158 g/mol. The predicted molar refractivity (Wildman–Crippen MR) is 61.0 cm³/mol. The first-order valence-corrected chi connectivity index (χ1v) is 5.97. The number of nitrogens with one attached hydrogen (secondary N) is 1. The fourth-order valence-corrected chi connectivity index (χ4v) is 1.96. The second-order valence-electron chi connectivity index (χ2n) is 4.09. The highest BCUT2D eigenvalue weighted by Gasteiger charge is 2.21. The molecule has 1 aliphatic rings. The van der Waals surface area contributed by atoms with Crippen LogP contribution in [0.15, 0.2) is 0 Å². The summed E-state index contributed by atoms with van der Waals surface area (Å²) in [5, 5.41) is 3.55. The molecule has 1 saturated heterocycles. The molecule has 0 aliphatic carbocycles. The van der Waals surface area contributed by atoms with E-state index in [4.69, 9.17) is 0 Å². The Morgan fingerprint density at radius 2 is 1.92 bits per heavy atom. The van der Waals surface area contributed by atoms with Crippen LogP contribution in [0.2, 0.25) is 0 Å². The standard InChI is InChI=1S/C10H21N.C2H6/c1-4-10-7-9(8(2)3)5-6-11-10;1-2/h8-11H,4-7H2,1-3H3;1-2H3. The first-order chi connectivity index (χ1) is 6.24. The van der Waals surface area contributed by atoms with Crippen LogP contribution in [0.1, 0.15) is 53.9 Å². The lowest BCUT2D eigenvalue weighted by molar-refractivity contribution is 0.239. The highest BCUT2D eigenvalue weighted by molar-refractivity contribution is 4.78. The van der Waals surface area contributed by atoms with Crippen molar-refractivity contribution < 1.29 is 0 Å². The molecule has 0 amide bonds. The van der Waals surface area contributed by atoms with E-state index in [-0.39, 0.29) is 0 Å². The first-order valence-electron chi connectivity index (χ1n) is 5.97. The molecule has 1 N–H and O–H groups in total. The average molecular weight is 185 g/mol. The quantitative estimate of drug-likeness (QED) is 0.695. The third-order valence-electron chi connectivity index (χ3n) is 2.97. The molecule has 1 nitrogen and oxygen atoms in total. The Balaban J connectivity index is 0.000000671. The molecule has 0 radical (unpaired) electrons. The highest BCUT2D eigenvalue weighted by Crippen LogP contribution is 2.24. The van der Waals surface area contributed by atoms with E-state index in [2.05, 4.69) is 26.1 Å². The topological polar surface area (TPSA) is 12.0 Å². The minimum absolute atomic E-state index is 0.802. The van der Waals surface area contributed by atoms with Gasteiger partial charge in [0.25, 0.3) is 0 Å². The number of piperidine rings is 1. The molecule has 1 rings (SSSR count). The molecule has 0 aromatic heterocycles. The zero-order chi connectivity index (χ0) is 10.3. The molecule has 1 heterocycles. The Hall–Kier alpha value is -0.0400. The fraction of sp³-hybridized carbons (Fsp3) is 1.00. The van der Waals surface area contributed by atoms with Gasteiger partial charge in [0.15, 0.2) is 0 Å². The molecule has 13 heavy (non-hydrogen) atoms. The van der Waals surface area contributed by atoms with E-state index in [1.165, 1.54) is 25.8 Å². The van der Waals surface area contributed by atoms with Crippen LogP contribution >= 0.6 is 0 Å². The van der Waals surface area contributed by atoms with Gasteiger partial charge >= 0.3 is 0 Å². The van der Waals surface area contributed by atoms with Gasteiger partial charge in [0.2, 0.25) is 0 Å². The van der Waals surface area contributed by atoms with E-state index in [0.29, 0.717) is 0 Å². The Labute approximate surface area is 84.3 Å². The summed E-state index contributed by atoms with van der Waals surface area (Å²) in [7, 11) is 0. The molecule has 1 aliphatic heterocycles. The summed E-state index contributed by atoms with van der Waals surface area (Å²) in [4.78, 5) is 0. The lowest BCUT2D eigenvalue weighted by Crippen LogP contribution is -2.38. The smallest absolute Gasteiger partial charge is 0.00671 e. The second kappa shape index (κ2) is 7.37. The summed E-state index contributed by atoms with van der Waals surface area (Å²) in [5.41, 5.74) is 0. The molecule has 2 atom stereocenters. The molecule has 0 aromatic carbocycles. The molecule has 0 spiro atoms. The van der Waals surface area contributed by atoms with Gasteiger partial charge in [-0.15, -0.1) is 0 Å². The molecule has 80 valence electrons. The van der Waals surface area contributed by atoms with Gasteiger partial charge in [-0.25, -0.2) is 0 Å². The Kier molecular flexibility index (Phi) is 7.35. The number of rotatable bonds is 2. The fourth-order valence-electron chi connectivity index (χ4n) is 1.96. The van der Waals surface area contributed by atoms with Crippen LogP contribution in [0.25, 0.3) is 0 Å². The van der Waals surface area contributed by atoms with Crippen LogP contribution in [-0.2, 0) is 0 Å². The van der Waals surface area contributed by atoms with Crippen LogP contribution in [0.4, 0.5) is 0 Å². The van der Waals surface area contributed by atoms with Crippen molar-refractivity contribution in [2.24, 2.45) is 11.8 Å². The van der Waals surface area contributed by atoms with Crippen molar-refractivity contribution in [3.05, 3.63) is 0 Å². The molecule has 0 saturated carbocycles. The van der Waals surface area contributed by atoms with Crippen molar-refractivity contribution in [3.63, 3.8) is 0 Å². The first kappa shape index (κ1) is 13.0. The highest BCUT2D eigenvalue weighted by atomic mass is 14.9. The van der Waals surface area contributed by atoms with E-state index in [0.717, 1.165) is 17.9 Å². The molecule has 1 fully saturated rings. The van der Waals surface area contributed by atoms with E-state index < -0.39 is 0 Å². The largest absolute Gasteiger partial charge is 0.314 e. The molecule has 0 aromatic rings. The van der Waals surface area contributed by atoms with Crippen LogP contribution in [-0.4, -0.2) is 12.6 Å². The summed E-state index contributed by atoms with van der Waals surface area (Å²) >= 11 is 0. The van der Waals surface area contributed by atoms with Crippen LogP contribution in [0.3, 0.4) is 0 Å². The maximum atomic E-state index is 3.55. The molecule has 2 unspecified atom stereocenters. The van der Waals surface area contributed by atoms with Crippen molar-refractivity contribution >= 4 is 0 Å². The average Bonchev–Trinajstić information content (AvgIpc) is 2.21. The Morgan fingerprint density at radius 3 is 2.38 bits per heavy atom. The summed E-state index contributed by atoms with van der Waals surface area (Å²) < 4.78 is 0. The van der Waals surface area contributed by atoms with Gasteiger partial charge in [0.1, 0.15) is 0 Å². The van der Waals surface area contributed by atoms with Crippen molar-refractivity contribution in [1.82, 2.24) is 5.32 Å². The summed E-state index contributed by atoms with van der Waals surface area (Å²) in [6.45, 7) is 12.2. The van der Waals surface area contributed by atoms with Crippen LogP contribution in [0.5, 0.6) is 0 Å². The van der Waals surface area contributed by atoms with Gasteiger partial charge < -0.3 is 5.32 Å². The lowest BCUT2D eigenvalue weighted by Gasteiger charge is -2.32. The molecule has 0 bridgehead atoms. The summed E-state index contributed by atoms with van der Waals surface area (Å²) in [6, 6.07) is 0.802. The third kappa shape index (κ3) is 4.66. The number of hydrogen-bond donors (Lipinski definition) is 1. The van der Waals surface area contributed by atoms with Gasteiger partial charge in [0, 0.05) is 6.04 Å². The van der Waals surface area contributed by atoms with Gasteiger partial charge in [-0.2, -0.15) is 0 Å². The third-order valence-corrected chi connectivity index (χ3v) is 2.97. The zero-order valence-electron chi connectivity index (χ0n) is 10.1. The molecule has 1 heteroatoms. The SMILES string of the molecule is CC.CCC1CC(C(C)C)CCN1. The van der Waals surface area contributed by atoms with Crippen molar-refractivity contribution in [2.75, 3.05) is 6.54 Å². The van der Waals surface area contributed by atoms with E-state index in [1.54, 1.807) is 0 Å². The van der Waals surface area contributed by atoms with Gasteiger partial charge in [-0.3, -0.25) is 0 Å². The van der Waals surface area contributed by atoms with Gasteiger partial charge in [0.05, 0.1) is 0 Å². The zero-order valence-corrected chi connectivity index (χ0v) is 10.1. The van der Waals surface area contributed by atoms with Gasteiger partial charge in [-0.05, 0) is 37.6 Å². The monoisotopic (exact) mass is 185 g/mol. The predicted octanol–water partition coefficient (Wildman–Crippen LogP) is 3.45. The normalized spacial score (nSPS) is 28.2. The number of hydrogen-bond acceptors (Lipinski definition) is 1. The van der Waals surface area contributed by atoms with Crippen molar-refractivity contribution in [1.29, 1.82) is 0 Å². The van der Waals surface area contributed by atoms with Crippen molar-refractivity contribution in [2.45, 2.75) is 59.9 Å². The van der Waals surface area contributed by atoms with Gasteiger partial charge in [-0.1, -0.05) is 34.6 Å². The minimum Gasteiger partial charge on any atom is -0.314 e.